The Morgan fingerprint density at radius 2 is 2.21 bits per heavy atom. The first-order valence-corrected chi connectivity index (χ1v) is 4.10. The lowest BCUT2D eigenvalue weighted by atomic mass is 10.0. The number of carboxylic acids is 1. The van der Waals surface area contributed by atoms with Gasteiger partial charge in [-0.05, 0) is 24.6 Å². The van der Waals surface area contributed by atoms with E-state index < -0.39 is 5.97 Å². The molecular weight excluding hydrogens is 184 g/mol. The van der Waals surface area contributed by atoms with Gasteiger partial charge in [0.1, 0.15) is 17.1 Å². The Morgan fingerprint density at radius 1 is 1.43 bits per heavy atom. The number of fused-ring (bicyclic) bond motifs is 1. The zero-order chi connectivity index (χ0) is 10.1. The summed E-state index contributed by atoms with van der Waals surface area (Å²) in [5, 5.41) is 18.3. The van der Waals surface area contributed by atoms with Crippen molar-refractivity contribution < 1.29 is 19.7 Å². The molecule has 0 saturated heterocycles. The van der Waals surface area contributed by atoms with Crippen LogP contribution in [0.4, 0.5) is 0 Å². The molecule has 1 heterocycles. The number of carbonyl (C=O) groups is 1. The fourth-order valence-electron chi connectivity index (χ4n) is 1.46. The Hall–Kier alpha value is -1.97. The summed E-state index contributed by atoms with van der Waals surface area (Å²) in [6.45, 7) is 0. The van der Waals surface area contributed by atoms with E-state index in [0.29, 0.717) is 17.7 Å². The normalized spacial score (nSPS) is 13.1. The molecule has 1 aromatic rings. The lowest BCUT2D eigenvalue weighted by molar-refractivity contribution is 0.0692. The quantitative estimate of drug-likeness (QED) is 0.708. The molecule has 0 atom stereocenters. The maximum atomic E-state index is 10.9. The highest BCUT2D eigenvalue weighted by atomic mass is 16.5. The van der Waals surface area contributed by atoms with Crippen molar-refractivity contribution >= 4 is 5.97 Å². The van der Waals surface area contributed by atoms with Crippen molar-refractivity contribution in [3.8, 4) is 11.5 Å². The summed E-state index contributed by atoms with van der Waals surface area (Å²) in [6, 6.07) is 2.88. The highest BCUT2D eigenvalue weighted by Gasteiger charge is 2.20. The van der Waals surface area contributed by atoms with Gasteiger partial charge in [0.05, 0.1) is 6.26 Å². The Balaban J connectivity index is 2.64. The number of phenols is 1. The summed E-state index contributed by atoms with van der Waals surface area (Å²) < 4.78 is 5.11. The topological polar surface area (TPSA) is 66.8 Å². The molecule has 14 heavy (non-hydrogen) atoms. The molecule has 2 N–H and O–H groups in total. The number of aromatic carboxylic acids is 1. The summed E-state index contributed by atoms with van der Waals surface area (Å²) >= 11 is 0. The Kier molecular flexibility index (Phi) is 1.89. The molecule has 0 unspecified atom stereocenters. The molecule has 1 aliphatic rings. The molecule has 0 spiro atoms. The lowest BCUT2D eigenvalue weighted by Gasteiger charge is -2.14. The summed E-state index contributed by atoms with van der Waals surface area (Å²) in [4.78, 5) is 10.9. The number of allylic oxidation sites excluding steroid dienone is 1. The second-order valence-corrected chi connectivity index (χ2v) is 2.94. The van der Waals surface area contributed by atoms with Crippen LogP contribution >= 0.6 is 0 Å². The number of rotatable bonds is 1. The van der Waals surface area contributed by atoms with E-state index in [1.165, 1.54) is 12.3 Å². The van der Waals surface area contributed by atoms with Gasteiger partial charge in [-0.15, -0.1) is 0 Å². The summed E-state index contributed by atoms with van der Waals surface area (Å²) in [5.74, 6) is -0.879. The number of carboxylic acid groups (broad SMARTS) is 1. The average molecular weight is 192 g/mol. The minimum atomic E-state index is -1.14. The van der Waals surface area contributed by atoms with E-state index in [9.17, 15) is 9.90 Å². The molecule has 0 bridgehead atoms. The molecule has 0 fully saturated rings. The van der Waals surface area contributed by atoms with E-state index >= 15 is 0 Å². The van der Waals surface area contributed by atoms with E-state index in [4.69, 9.17) is 9.84 Å². The van der Waals surface area contributed by atoms with Crippen LogP contribution in [0.15, 0.2) is 24.5 Å². The molecule has 0 radical (unpaired) electrons. The van der Waals surface area contributed by atoms with Crippen molar-refractivity contribution in [1.82, 2.24) is 0 Å². The molecule has 1 aliphatic heterocycles. The Bertz CT molecular complexity index is 420. The number of aromatic hydroxyl groups is 1. The molecule has 0 amide bonds. The minimum absolute atomic E-state index is 0.0770. The zero-order valence-corrected chi connectivity index (χ0v) is 7.23. The van der Waals surface area contributed by atoms with Crippen molar-refractivity contribution in [1.29, 1.82) is 0 Å². The molecule has 0 aliphatic carbocycles. The third kappa shape index (κ3) is 1.21. The van der Waals surface area contributed by atoms with Crippen LogP contribution in [0, 0.1) is 0 Å². The van der Waals surface area contributed by atoms with Crippen molar-refractivity contribution in [2.75, 3.05) is 0 Å². The minimum Gasteiger partial charge on any atom is -0.507 e. The Morgan fingerprint density at radius 3 is 2.93 bits per heavy atom. The second kappa shape index (κ2) is 3.06. The van der Waals surface area contributed by atoms with Crippen molar-refractivity contribution in [2.45, 2.75) is 6.42 Å². The van der Waals surface area contributed by atoms with E-state index in [2.05, 4.69) is 0 Å². The summed E-state index contributed by atoms with van der Waals surface area (Å²) in [6.07, 6.45) is 3.67. The van der Waals surface area contributed by atoms with Crippen molar-refractivity contribution in [3.05, 3.63) is 35.6 Å². The third-order valence-corrected chi connectivity index (χ3v) is 2.07. The van der Waals surface area contributed by atoms with Crippen LogP contribution in [0.1, 0.15) is 15.9 Å². The van der Waals surface area contributed by atoms with Gasteiger partial charge in [-0.25, -0.2) is 4.79 Å². The monoisotopic (exact) mass is 192 g/mol. The molecule has 0 saturated carbocycles. The van der Waals surface area contributed by atoms with E-state index in [0.717, 1.165) is 0 Å². The van der Waals surface area contributed by atoms with Crippen molar-refractivity contribution in [3.63, 3.8) is 0 Å². The highest BCUT2D eigenvalue weighted by molar-refractivity contribution is 5.93. The first-order valence-electron chi connectivity index (χ1n) is 4.10. The largest absolute Gasteiger partial charge is 0.507 e. The van der Waals surface area contributed by atoms with Gasteiger partial charge in [0.25, 0.3) is 0 Å². The maximum Gasteiger partial charge on any atom is 0.339 e. The van der Waals surface area contributed by atoms with Crippen LogP contribution in [0.5, 0.6) is 11.5 Å². The standard InChI is InChI=1S/C10H8O4/c11-7-3-4-8-6(2-1-5-14-8)9(7)10(12)13/h1,3-5,11H,2H2,(H,12,13). The van der Waals surface area contributed by atoms with E-state index in [1.807, 2.05) is 0 Å². The molecule has 2 rings (SSSR count). The highest BCUT2D eigenvalue weighted by Crippen LogP contribution is 2.32. The van der Waals surface area contributed by atoms with E-state index in [1.54, 1.807) is 12.1 Å². The van der Waals surface area contributed by atoms with Crippen LogP contribution in [0.25, 0.3) is 0 Å². The second-order valence-electron chi connectivity index (χ2n) is 2.94. The van der Waals surface area contributed by atoms with Gasteiger partial charge in [0, 0.05) is 5.56 Å². The van der Waals surface area contributed by atoms with E-state index in [-0.39, 0.29) is 11.3 Å². The van der Waals surface area contributed by atoms with Crippen LogP contribution in [-0.4, -0.2) is 16.2 Å². The summed E-state index contributed by atoms with van der Waals surface area (Å²) in [7, 11) is 0. The number of hydrogen-bond acceptors (Lipinski definition) is 3. The predicted molar refractivity (Wildman–Crippen MR) is 48.5 cm³/mol. The molecule has 4 nitrogen and oxygen atoms in total. The van der Waals surface area contributed by atoms with Gasteiger partial charge in [-0.2, -0.15) is 0 Å². The first kappa shape index (κ1) is 8.62. The fraction of sp³-hybridized carbons (Fsp3) is 0.100. The average Bonchev–Trinajstić information content (AvgIpc) is 2.17. The molecular formula is C10H8O4. The first-order chi connectivity index (χ1) is 6.70. The van der Waals surface area contributed by atoms with Gasteiger partial charge in [0.2, 0.25) is 0 Å². The maximum absolute atomic E-state index is 10.9. The number of benzene rings is 1. The van der Waals surface area contributed by atoms with Crippen LogP contribution in [0.3, 0.4) is 0 Å². The molecule has 4 heteroatoms. The van der Waals surface area contributed by atoms with Gasteiger partial charge in [-0.3, -0.25) is 0 Å². The van der Waals surface area contributed by atoms with Crippen LogP contribution < -0.4 is 4.74 Å². The SMILES string of the molecule is O=C(O)c1c(O)ccc2c1CC=CO2. The third-order valence-electron chi connectivity index (χ3n) is 2.07. The smallest absolute Gasteiger partial charge is 0.339 e. The van der Waals surface area contributed by atoms with Gasteiger partial charge < -0.3 is 14.9 Å². The molecule has 0 aromatic heterocycles. The zero-order valence-electron chi connectivity index (χ0n) is 7.23. The summed E-state index contributed by atoms with van der Waals surface area (Å²) in [5.41, 5.74) is 0.437. The van der Waals surface area contributed by atoms with Crippen LogP contribution in [0.2, 0.25) is 0 Å². The number of ether oxygens (including phenoxy) is 1. The Labute approximate surface area is 80.1 Å². The van der Waals surface area contributed by atoms with Gasteiger partial charge >= 0.3 is 5.97 Å². The molecule has 1 aromatic carbocycles. The van der Waals surface area contributed by atoms with Gasteiger partial charge in [-0.1, -0.05) is 0 Å². The molecule has 72 valence electrons. The number of hydrogen-bond donors (Lipinski definition) is 2. The lowest BCUT2D eigenvalue weighted by Crippen LogP contribution is -2.06. The van der Waals surface area contributed by atoms with Gasteiger partial charge in [0.15, 0.2) is 0 Å². The van der Waals surface area contributed by atoms with Crippen LogP contribution in [-0.2, 0) is 6.42 Å². The van der Waals surface area contributed by atoms with Crippen molar-refractivity contribution in [2.24, 2.45) is 0 Å². The predicted octanol–water partition coefficient (Wildman–Crippen LogP) is 1.54. The fourth-order valence-corrected chi connectivity index (χ4v) is 1.46.